The highest BCUT2D eigenvalue weighted by atomic mass is 16.7. The number of nitro benzene ring substituents is 1. The number of methoxy groups -OCH3 is 1. The number of nitrogens with one attached hydrogen (secondary N) is 1. The molecule has 0 bridgehead atoms. The molecule has 0 amide bonds. The third kappa shape index (κ3) is 3.79. The molecule has 1 aromatic carbocycles. The van der Waals surface area contributed by atoms with Crippen molar-refractivity contribution in [2.24, 2.45) is 0 Å². The van der Waals surface area contributed by atoms with E-state index in [-0.39, 0.29) is 12.3 Å². The van der Waals surface area contributed by atoms with Crippen LogP contribution in [0, 0.1) is 10.1 Å². The van der Waals surface area contributed by atoms with Gasteiger partial charge in [-0.3, -0.25) is 15.0 Å². The van der Waals surface area contributed by atoms with Gasteiger partial charge in [0.2, 0.25) is 0 Å². The molecule has 0 saturated heterocycles. The molecule has 98 valence electrons. The van der Waals surface area contributed by atoms with Gasteiger partial charge in [0.25, 0.3) is 5.69 Å². The largest absolute Gasteiger partial charge is 0.467 e. The van der Waals surface area contributed by atoms with Crippen molar-refractivity contribution in [3.63, 3.8) is 0 Å². The van der Waals surface area contributed by atoms with Crippen LogP contribution in [0.25, 0.3) is 0 Å². The summed E-state index contributed by atoms with van der Waals surface area (Å²) in [5, 5.41) is 10.8. The van der Waals surface area contributed by atoms with E-state index in [0.29, 0.717) is 5.56 Å². The van der Waals surface area contributed by atoms with E-state index < -0.39 is 16.9 Å². The van der Waals surface area contributed by atoms with Crippen LogP contribution in [0.4, 0.5) is 5.69 Å². The Morgan fingerprint density at radius 3 is 2.78 bits per heavy atom. The Hall–Kier alpha value is -1.99. The van der Waals surface area contributed by atoms with Gasteiger partial charge < -0.3 is 4.74 Å². The highest BCUT2D eigenvalue weighted by Crippen LogP contribution is 2.24. The first kappa shape index (κ1) is 14.1. The molecule has 1 N–H and O–H groups in total. The number of ether oxygens (including phenoxy) is 1. The lowest BCUT2D eigenvalue weighted by atomic mass is 10.1. The molecule has 0 saturated carbocycles. The van der Waals surface area contributed by atoms with Gasteiger partial charge in [0.15, 0.2) is 6.61 Å². The van der Waals surface area contributed by atoms with Crippen LogP contribution in [0.5, 0.6) is 0 Å². The predicted octanol–water partition coefficient (Wildman–Crippen LogP) is 1.35. The Bertz CT molecular complexity index is 435. The van der Waals surface area contributed by atoms with Crippen molar-refractivity contribution in [2.75, 3.05) is 13.7 Å². The SMILES string of the molecule is COC(=O)CONC(C)c1ccccc1[N+](=O)[O-]. The summed E-state index contributed by atoms with van der Waals surface area (Å²) >= 11 is 0. The van der Waals surface area contributed by atoms with Gasteiger partial charge in [0, 0.05) is 11.6 Å². The lowest BCUT2D eigenvalue weighted by Gasteiger charge is -2.13. The topological polar surface area (TPSA) is 90.7 Å². The Balaban J connectivity index is 2.64. The van der Waals surface area contributed by atoms with Gasteiger partial charge in [-0.1, -0.05) is 18.2 Å². The van der Waals surface area contributed by atoms with Crippen molar-refractivity contribution in [3.8, 4) is 0 Å². The maximum atomic E-state index is 10.8. The standard InChI is InChI=1S/C11H14N2O5/c1-8(12-18-7-11(14)17-2)9-5-3-4-6-10(9)13(15)16/h3-6,8,12H,7H2,1-2H3. The first-order chi connectivity index (χ1) is 8.56. The zero-order valence-corrected chi connectivity index (χ0v) is 10.1. The van der Waals surface area contributed by atoms with E-state index in [2.05, 4.69) is 10.2 Å². The second-order valence-electron chi connectivity index (χ2n) is 3.52. The Kier molecular flexibility index (Phi) is 5.22. The third-order valence-electron chi connectivity index (χ3n) is 2.28. The number of hydrogen-bond donors (Lipinski definition) is 1. The van der Waals surface area contributed by atoms with Crippen LogP contribution in [-0.2, 0) is 14.4 Å². The maximum Gasteiger partial charge on any atom is 0.333 e. The lowest BCUT2D eigenvalue weighted by molar-refractivity contribution is -0.385. The molecule has 0 aromatic heterocycles. The van der Waals surface area contributed by atoms with E-state index >= 15 is 0 Å². The molecule has 7 heteroatoms. The molecule has 1 rings (SSSR count). The number of hydrogen-bond acceptors (Lipinski definition) is 6. The molecular formula is C11H14N2O5. The van der Waals surface area contributed by atoms with Crippen molar-refractivity contribution in [1.29, 1.82) is 0 Å². The molecule has 1 aromatic rings. The molecule has 0 spiro atoms. The van der Waals surface area contributed by atoms with Gasteiger partial charge in [-0.15, -0.1) is 0 Å². The first-order valence-electron chi connectivity index (χ1n) is 5.23. The lowest BCUT2D eigenvalue weighted by Crippen LogP contribution is -2.24. The van der Waals surface area contributed by atoms with Crippen LogP contribution in [0.1, 0.15) is 18.5 Å². The summed E-state index contributed by atoms with van der Waals surface area (Å²) in [6.07, 6.45) is 0. The fraction of sp³-hybridized carbons (Fsp3) is 0.364. The second kappa shape index (κ2) is 6.67. The number of benzene rings is 1. The number of nitro groups is 1. The van der Waals surface area contributed by atoms with Crippen LogP contribution in [0.15, 0.2) is 24.3 Å². The normalized spacial score (nSPS) is 11.9. The molecule has 18 heavy (non-hydrogen) atoms. The van der Waals surface area contributed by atoms with Gasteiger partial charge in [0.05, 0.1) is 18.1 Å². The number of nitrogens with zero attached hydrogens (tertiary/aromatic N) is 1. The summed E-state index contributed by atoms with van der Waals surface area (Å²) in [6, 6.07) is 5.89. The fourth-order valence-electron chi connectivity index (χ4n) is 1.37. The number of carbonyl (C=O) groups is 1. The smallest absolute Gasteiger partial charge is 0.333 e. The average molecular weight is 254 g/mol. The molecule has 1 atom stereocenters. The summed E-state index contributed by atoms with van der Waals surface area (Å²) in [4.78, 5) is 26.1. The third-order valence-corrected chi connectivity index (χ3v) is 2.28. The predicted molar refractivity (Wildman–Crippen MR) is 62.6 cm³/mol. The zero-order valence-electron chi connectivity index (χ0n) is 10.1. The maximum absolute atomic E-state index is 10.8. The molecule has 0 aliphatic rings. The minimum absolute atomic E-state index is 0.000770. The van der Waals surface area contributed by atoms with E-state index in [4.69, 9.17) is 4.84 Å². The summed E-state index contributed by atoms with van der Waals surface area (Å²) in [7, 11) is 1.25. The quantitative estimate of drug-likeness (QED) is 0.468. The average Bonchev–Trinajstić information content (AvgIpc) is 2.38. The highest BCUT2D eigenvalue weighted by Gasteiger charge is 2.18. The Morgan fingerprint density at radius 1 is 1.50 bits per heavy atom. The summed E-state index contributed by atoms with van der Waals surface area (Å²) < 4.78 is 4.39. The van der Waals surface area contributed by atoms with Crippen molar-refractivity contribution in [3.05, 3.63) is 39.9 Å². The van der Waals surface area contributed by atoms with Crippen LogP contribution in [0.2, 0.25) is 0 Å². The minimum atomic E-state index is -0.530. The Morgan fingerprint density at radius 2 is 2.17 bits per heavy atom. The van der Waals surface area contributed by atoms with Crippen LogP contribution in [0.3, 0.4) is 0 Å². The van der Waals surface area contributed by atoms with Gasteiger partial charge >= 0.3 is 5.97 Å². The van der Waals surface area contributed by atoms with E-state index in [0.717, 1.165) is 0 Å². The fourth-order valence-corrected chi connectivity index (χ4v) is 1.37. The van der Waals surface area contributed by atoms with E-state index in [1.807, 2.05) is 0 Å². The van der Waals surface area contributed by atoms with Gasteiger partial charge in [0.1, 0.15) is 0 Å². The molecule has 7 nitrogen and oxygen atoms in total. The summed E-state index contributed by atoms with van der Waals surface area (Å²) in [5.41, 5.74) is 3.03. The van der Waals surface area contributed by atoms with Gasteiger partial charge in [-0.25, -0.2) is 4.79 Å². The Labute approximate surface area is 104 Å². The van der Waals surface area contributed by atoms with Crippen molar-refractivity contribution >= 4 is 11.7 Å². The molecule has 0 aliphatic heterocycles. The van der Waals surface area contributed by atoms with Crippen LogP contribution >= 0.6 is 0 Å². The highest BCUT2D eigenvalue weighted by molar-refractivity contribution is 5.70. The molecule has 0 heterocycles. The molecular weight excluding hydrogens is 240 g/mol. The van der Waals surface area contributed by atoms with Gasteiger partial charge in [-0.2, -0.15) is 5.48 Å². The second-order valence-corrected chi connectivity index (χ2v) is 3.52. The monoisotopic (exact) mass is 254 g/mol. The van der Waals surface area contributed by atoms with E-state index in [9.17, 15) is 14.9 Å². The number of carbonyl (C=O) groups excluding carboxylic acids is 1. The number of para-hydroxylation sites is 1. The van der Waals surface area contributed by atoms with Crippen LogP contribution in [-0.4, -0.2) is 24.6 Å². The van der Waals surface area contributed by atoms with Crippen molar-refractivity contribution in [1.82, 2.24) is 5.48 Å². The molecule has 0 radical (unpaired) electrons. The number of rotatable bonds is 6. The van der Waals surface area contributed by atoms with E-state index in [1.165, 1.54) is 13.2 Å². The van der Waals surface area contributed by atoms with Gasteiger partial charge in [-0.05, 0) is 6.92 Å². The molecule has 0 aliphatic carbocycles. The van der Waals surface area contributed by atoms with E-state index in [1.54, 1.807) is 25.1 Å². The summed E-state index contributed by atoms with van der Waals surface area (Å²) in [6.45, 7) is 1.43. The number of hydroxylamine groups is 1. The number of esters is 1. The zero-order chi connectivity index (χ0) is 13.5. The minimum Gasteiger partial charge on any atom is -0.467 e. The molecule has 1 unspecified atom stereocenters. The first-order valence-corrected chi connectivity index (χ1v) is 5.23. The van der Waals surface area contributed by atoms with Crippen molar-refractivity contribution in [2.45, 2.75) is 13.0 Å². The van der Waals surface area contributed by atoms with Crippen molar-refractivity contribution < 1.29 is 19.3 Å². The molecule has 0 fully saturated rings. The van der Waals surface area contributed by atoms with Crippen LogP contribution < -0.4 is 5.48 Å². The summed E-state index contributed by atoms with van der Waals surface area (Å²) in [5.74, 6) is -0.530.